The topological polar surface area (TPSA) is 123 Å². The largest absolute Gasteiger partial charge is 0.497 e. The van der Waals surface area contributed by atoms with Crippen molar-refractivity contribution in [1.29, 1.82) is 0 Å². The van der Waals surface area contributed by atoms with E-state index in [0.717, 1.165) is 5.56 Å². The van der Waals surface area contributed by atoms with Crippen molar-refractivity contribution in [3.63, 3.8) is 0 Å². The van der Waals surface area contributed by atoms with Crippen LogP contribution in [-0.2, 0) is 21.4 Å². The van der Waals surface area contributed by atoms with Crippen molar-refractivity contribution < 1.29 is 27.5 Å². The van der Waals surface area contributed by atoms with E-state index < -0.39 is 15.9 Å². The fourth-order valence-electron chi connectivity index (χ4n) is 3.01. The van der Waals surface area contributed by atoms with Gasteiger partial charge in [0.25, 0.3) is 15.9 Å². The molecule has 0 aromatic heterocycles. The molecule has 0 aliphatic heterocycles. The number of ether oxygens (including phenoxy) is 2. The Balaban J connectivity index is 1.58. The molecule has 0 spiro atoms. The molecule has 3 rings (SSSR count). The number of para-hydroxylation sites is 2. The molecule has 9 nitrogen and oxygen atoms in total. The highest BCUT2D eigenvalue weighted by atomic mass is 32.2. The predicted octanol–water partition coefficient (Wildman–Crippen LogP) is 2.55. The van der Waals surface area contributed by atoms with Gasteiger partial charge in [0.15, 0.2) is 0 Å². The van der Waals surface area contributed by atoms with Crippen LogP contribution in [0.5, 0.6) is 11.5 Å². The molecule has 3 aromatic rings. The van der Waals surface area contributed by atoms with Crippen molar-refractivity contribution in [3.8, 4) is 11.5 Å². The Hall–Kier alpha value is -4.05. The highest BCUT2D eigenvalue weighted by molar-refractivity contribution is 7.92. The summed E-state index contributed by atoms with van der Waals surface area (Å²) in [5, 5.41) is 5.20. The monoisotopic (exact) mass is 483 g/mol. The van der Waals surface area contributed by atoms with Crippen LogP contribution in [0.4, 0.5) is 5.69 Å². The first-order valence-electron chi connectivity index (χ1n) is 10.3. The Kier molecular flexibility index (Phi) is 8.10. The molecule has 0 unspecified atom stereocenters. The Morgan fingerprint density at radius 3 is 2.29 bits per heavy atom. The highest BCUT2D eigenvalue weighted by Gasteiger charge is 2.18. The number of benzene rings is 3. The molecule has 0 saturated heterocycles. The molecular weight excluding hydrogens is 458 g/mol. The minimum absolute atomic E-state index is 0.102. The number of anilines is 1. The summed E-state index contributed by atoms with van der Waals surface area (Å²) in [5.74, 6) is 0.116. The number of hydrogen-bond donors (Lipinski definition) is 3. The van der Waals surface area contributed by atoms with Crippen LogP contribution < -0.4 is 24.8 Å². The number of rotatable bonds is 10. The molecule has 3 N–H and O–H groups in total. The maximum Gasteiger partial charge on any atom is 0.262 e. The SMILES string of the molecule is COc1ccc(CNC(=O)CNC(=O)c2cccc(S(=O)(=O)Nc3ccccc3OC)c2)cc1. The van der Waals surface area contributed by atoms with E-state index >= 15 is 0 Å². The van der Waals surface area contributed by atoms with Gasteiger partial charge in [0.2, 0.25) is 5.91 Å². The van der Waals surface area contributed by atoms with Gasteiger partial charge in [-0.25, -0.2) is 8.42 Å². The van der Waals surface area contributed by atoms with Crippen molar-refractivity contribution in [2.24, 2.45) is 0 Å². The molecule has 0 atom stereocenters. The van der Waals surface area contributed by atoms with E-state index in [9.17, 15) is 18.0 Å². The molecule has 0 radical (unpaired) electrons. The first kappa shape index (κ1) is 24.6. The number of hydrogen-bond acceptors (Lipinski definition) is 6. The Morgan fingerprint density at radius 1 is 0.853 bits per heavy atom. The molecule has 0 aliphatic carbocycles. The third-order valence-corrected chi connectivity index (χ3v) is 6.18. The minimum Gasteiger partial charge on any atom is -0.497 e. The molecule has 0 saturated carbocycles. The average molecular weight is 484 g/mol. The standard InChI is InChI=1S/C24H25N3O6S/c1-32-19-12-10-17(11-13-19)15-25-23(28)16-26-24(29)18-6-5-7-20(14-18)34(30,31)27-21-8-3-4-9-22(21)33-2/h3-14,27H,15-16H2,1-2H3,(H,25,28)(H,26,29). The summed E-state index contributed by atoms with van der Waals surface area (Å²) in [6, 6.07) is 19.3. The first-order chi connectivity index (χ1) is 16.3. The lowest BCUT2D eigenvalue weighted by molar-refractivity contribution is -0.120. The molecular formula is C24H25N3O6S. The number of sulfonamides is 1. The summed E-state index contributed by atoms with van der Waals surface area (Å²) >= 11 is 0. The van der Waals surface area contributed by atoms with E-state index in [4.69, 9.17) is 9.47 Å². The Bertz CT molecular complexity index is 1260. The Labute approximate surface area is 198 Å². The molecule has 34 heavy (non-hydrogen) atoms. The number of carbonyl (C=O) groups excluding carboxylic acids is 2. The second-order valence-corrected chi connectivity index (χ2v) is 8.82. The maximum absolute atomic E-state index is 12.8. The molecule has 0 bridgehead atoms. The smallest absolute Gasteiger partial charge is 0.262 e. The van der Waals surface area contributed by atoms with Gasteiger partial charge in [0.05, 0.1) is 31.3 Å². The van der Waals surface area contributed by atoms with Crippen molar-refractivity contribution in [2.75, 3.05) is 25.5 Å². The zero-order valence-corrected chi connectivity index (χ0v) is 19.5. The molecule has 3 aromatic carbocycles. The number of methoxy groups -OCH3 is 2. The van der Waals surface area contributed by atoms with Crippen LogP contribution in [0.15, 0.2) is 77.7 Å². The summed E-state index contributed by atoms with van der Waals surface area (Å²) in [6.45, 7) is 0.0342. The zero-order chi connectivity index (χ0) is 24.6. The molecule has 0 aliphatic rings. The normalized spacial score (nSPS) is 10.8. The summed E-state index contributed by atoms with van der Waals surface area (Å²) in [4.78, 5) is 24.5. The molecule has 0 fully saturated rings. The van der Waals surface area contributed by atoms with E-state index in [1.54, 1.807) is 43.5 Å². The first-order valence-corrected chi connectivity index (χ1v) is 11.7. The van der Waals surface area contributed by atoms with E-state index in [0.29, 0.717) is 18.0 Å². The van der Waals surface area contributed by atoms with Crippen molar-refractivity contribution in [3.05, 3.63) is 83.9 Å². The number of carbonyl (C=O) groups is 2. The molecule has 0 heterocycles. The van der Waals surface area contributed by atoms with Crippen LogP contribution in [-0.4, -0.2) is 41.0 Å². The van der Waals surface area contributed by atoms with Crippen LogP contribution >= 0.6 is 0 Å². The van der Waals surface area contributed by atoms with Gasteiger partial charge in [-0.05, 0) is 48.0 Å². The third-order valence-electron chi connectivity index (χ3n) is 4.82. The lowest BCUT2D eigenvalue weighted by Gasteiger charge is -2.12. The van der Waals surface area contributed by atoms with Crippen LogP contribution in [0.1, 0.15) is 15.9 Å². The van der Waals surface area contributed by atoms with Gasteiger partial charge in [-0.15, -0.1) is 0 Å². The summed E-state index contributed by atoms with van der Waals surface area (Å²) in [7, 11) is -0.969. The Morgan fingerprint density at radius 2 is 1.59 bits per heavy atom. The summed E-state index contributed by atoms with van der Waals surface area (Å²) in [6.07, 6.45) is 0. The predicted molar refractivity (Wildman–Crippen MR) is 127 cm³/mol. The van der Waals surface area contributed by atoms with E-state index in [1.807, 2.05) is 12.1 Å². The van der Waals surface area contributed by atoms with Crippen LogP contribution in [0.3, 0.4) is 0 Å². The second kappa shape index (κ2) is 11.2. The van der Waals surface area contributed by atoms with Gasteiger partial charge in [-0.1, -0.05) is 30.3 Å². The van der Waals surface area contributed by atoms with Gasteiger partial charge in [0, 0.05) is 12.1 Å². The average Bonchev–Trinajstić information content (AvgIpc) is 2.86. The van der Waals surface area contributed by atoms with Gasteiger partial charge >= 0.3 is 0 Å². The van der Waals surface area contributed by atoms with Crippen LogP contribution in [0.25, 0.3) is 0 Å². The highest BCUT2D eigenvalue weighted by Crippen LogP contribution is 2.26. The lowest BCUT2D eigenvalue weighted by Crippen LogP contribution is -2.36. The van der Waals surface area contributed by atoms with Crippen LogP contribution in [0.2, 0.25) is 0 Å². The van der Waals surface area contributed by atoms with E-state index in [-0.39, 0.29) is 28.6 Å². The van der Waals surface area contributed by atoms with Gasteiger partial charge in [-0.2, -0.15) is 0 Å². The fourth-order valence-corrected chi connectivity index (χ4v) is 4.12. The number of nitrogens with one attached hydrogen (secondary N) is 3. The lowest BCUT2D eigenvalue weighted by atomic mass is 10.2. The zero-order valence-electron chi connectivity index (χ0n) is 18.7. The van der Waals surface area contributed by atoms with Crippen molar-refractivity contribution >= 4 is 27.5 Å². The quantitative estimate of drug-likeness (QED) is 0.407. The summed E-state index contributed by atoms with van der Waals surface area (Å²) in [5.41, 5.74) is 1.25. The van der Waals surface area contributed by atoms with E-state index in [1.165, 1.54) is 31.4 Å². The van der Waals surface area contributed by atoms with Gasteiger partial charge in [0.1, 0.15) is 11.5 Å². The summed E-state index contributed by atoms with van der Waals surface area (Å²) < 4.78 is 38.3. The fraction of sp³-hybridized carbons (Fsp3) is 0.167. The molecule has 10 heteroatoms. The third kappa shape index (κ3) is 6.48. The number of amides is 2. The van der Waals surface area contributed by atoms with Crippen LogP contribution in [0, 0.1) is 0 Å². The van der Waals surface area contributed by atoms with Gasteiger partial charge < -0.3 is 20.1 Å². The van der Waals surface area contributed by atoms with Gasteiger partial charge in [-0.3, -0.25) is 14.3 Å². The maximum atomic E-state index is 12.8. The van der Waals surface area contributed by atoms with Crippen molar-refractivity contribution in [1.82, 2.24) is 10.6 Å². The van der Waals surface area contributed by atoms with E-state index in [2.05, 4.69) is 15.4 Å². The molecule has 2 amide bonds. The minimum atomic E-state index is -3.98. The second-order valence-electron chi connectivity index (χ2n) is 7.14. The van der Waals surface area contributed by atoms with Crippen molar-refractivity contribution in [2.45, 2.75) is 11.4 Å². The molecule has 178 valence electrons.